The third-order valence-electron chi connectivity index (χ3n) is 6.16. The Morgan fingerprint density at radius 3 is 2.45 bits per heavy atom. The first-order valence-electron chi connectivity index (χ1n) is 10.2. The van der Waals surface area contributed by atoms with Gasteiger partial charge >= 0.3 is 6.03 Å². The lowest BCUT2D eigenvalue weighted by atomic mass is 9.87. The first-order valence-corrected chi connectivity index (χ1v) is 10.6. The number of carbonyl (C=O) groups excluding carboxylic acids is 3. The van der Waals surface area contributed by atoms with Crippen LogP contribution in [0.15, 0.2) is 54.6 Å². The van der Waals surface area contributed by atoms with Crippen LogP contribution >= 0.6 is 11.6 Å². The van der Waals surface area contributed by atoms with Gasteiger partial charge < -0.3 is 15.2 Å². The van der Waals surface area contributed by atoms with Gasteiger partial charge in [-0.05, 0) is 42.7 Å². The molecule has 1 aromatic heterocycles. The van der Waals surface area contributed by atoms with Gasteiger partial charge in [0.2, 0.25) is 0 Å². The molecule has 2 aromatic carbocycles. The lowest BCUT2D eigenvalue weighted by Gasteiger charge is -2.37. The van der Waals surface area contributed by atoms with E-state index < -0.39 is 11.6 Å². The second-order valence-electron chi connectivity index (χ2n) is 8.09. The second kappa shape index (κ2) is 7.42. The van der Waals surface area contributed by atoms with E-state index in [0.717, 1.165) is 16.5 Å². The van der Waals surface area contributed by atoms with Crippen molar-refractivity contribution in [1.29, 1.82) is 0 Å². The van der Waals surface area contributed by atoms with E-state index in [1.54, 1.807) is 29.2 Å². The van der Waals surface area contributed by atoms with Crippen molar-refractivity contribution >= 4 is 40.3 Å². The molecule has 2 aliphatic heterocycles. The summed E-state index contributed by atoms with van der Waals surface area (Å²) in [4.78, 5) is 44.8. The number of nitrogens with zero attached hydrogens (tertiary/aromatic N) is 2. The third-order valence-corrected chi connectivity index (χ3v) is 6.42. The minimum Gasteiger partial charge on any atom is -0.351 e. The summed E-state index contributed by atoms with van der Waals surface area (Å²) in [6.45, 7) is 0.991. The molecule has 0 atom stereocenters. The molecule has 5 rings (SSSR count). The predicted molar refractivity (Wildman–Crippen MR) is 117 cm³/mol. The highest BCUT2D eigenvalue weighted by atomic mass is 35.5. The van der Waals surface area contributed by atoms with Crippen LogP contribution in [0, 0.1) is 0 Å². The average Bonchev–Trinajstić information content (AvgIpc) is 3.30. The summed E-state index contributed by atoms with van der Waals surface area (Å²) in [5.41, 5.74) is 1.33. The van der Waals surface area contributed by atoms with Crippen molar-refractivity contribution in [3.8, 4) is 0 Å². The average molecular weight is 437 g/mol. The summed E-state index contributed by atoms with van der Waals surface area (Å²) < 4.78 is 0. The first kappa shape index (κ1) is 19.6. The van der Waals surface area contributed by atoms with E-state index in [2.05, 4.69) is 10.3 Å². The summed E-state index contributed by atoms with van der Waals surface area (Å²) in [7, 11) is 0. The number of H-pyrrole nitrogens is 1. The standard InChI is InChI=1S/C23H21ClN4O3/c24-17-7-5-15(6-8-17)14-28-21(30)23(26-22(28)31)9-11-27(12-10-23)20(29)19-13-16-3-1-2-4-18(16)25-19/h1-8,13,25H,9-12,14H2,(H,26,31). The van der Waals surface area contributed by atoms with Crippen LogP contribution in [0.5, 0.6) is 0 Å². The zero-order valence-electron chi connectivity index (χ0n) is 16.7. The number of nitrogens with one attached hydrogen (secondary N) is 2. The molecule has 31 heavy (non-hydrogen) atoms. The molecule has 2 fully saturated rings. The van der Waals surface area contributed by atoms with Crippen molar-refractivity contribution in [2.24, 2.45) is 0 Å². The van der Waals surface area contributed by atoms with Crippen molar-refractivity contribution in [3.63, 3.8) is 0 Å². The smallest absolute Gasteiger partial charge is 0.325 e. The van der Waals surface area contributed by atoms with Crippen LogP contribution in [-0.2, 0) is 11.3 Å². The van der Waals surface area contributed by atoms with Gasteiger partial charge in [-0.25, -0.2) is 4.79 Å². The zero-order chi connectivity index (χ0) is 21.6. The van der Waals surface area contributed by atoms with Crippen LogP contribution in [0.25, 0.3) is 10.9 Å². The van der Waals surface area contributed by atoms with Gasteiger partial charge in [-0.3, -0.25) is 14.5 Å². The maximum atomic E-state index is 13.1. The molecule has 0 aliphatic carbocycles. The maximum Gasteiger partial charge on any atom is 0.325 e. The summed E-state index contributed by atoms with van der Waals surface area (Å²) in [5.74, 6) is -0.328. The number of carbonyl (C=O) groups is 3. The summed E-state index contributed by atoms with van der Waals surface area (Å²) in [6, 6.07) is 16.3. The van der Waals surface area contributed by atoms with Gasteiger partial charge in [0.15, 0.2) is 0 Å². The molecule has 2 saturated heterocycles. The van der Waals surface area contributed by atoms with Crippen LogP contribution in [0.3, 0.4) is 0 Å². The highest BCUT2D eigenvalue weighted by molar-refractivity contribution is 6.30. The van der Waals surface area contributed by atoms with E-state index in [1.165, 1.54) is 4.90 Å². The number of halogens is 1. The third kappa shape index (κ3) is 3.45. The molecule has 0 bridgehead atoms. The van der Waals surface area contributed by atoms with Crippen LogP contribution in [-0.4, -0.2) is 51.3 Å². The Balaban J connectivity index is 1.27. The molecule has 0 radical (unpaired) electrons. The number of urea groups is 1. The maximum absolute atomic E-state index is 13.1. The Labute approximate surface area is 184 Å². The Morgan fingerprint density at radius 2 is 1.74 bits per heavy atom. The molecule has 0 saturated carbocycles. The largest absolute Gasteiger partial charge is 0.351 e. The van der Waals surface area contributed by atoms with Crippen molar-refractivity contribution in [1.82, 2.24) is 20.1 Å². The van der Waals surface area contributed by atoms with Crippen LogP contribution in [0.4, 0.5) is 4.79 Å². The molecule has 2 aliphatic rings. The molecule has 158 valence electrons. The number of benzene rings is 2. The van der Waals surface area contributed by atoms with Crippen molar-refractivity contribution < 1.29 is 14.4 Å². The number of fused-ring (bicyclic) bond motifs is 1. The topological polar surface area (TPSA) is 85.5 Å². The lowest BCUT2D eigenvalue weighted by molar-refractivity contribution is -0.133. The molecule has 0 unspecified atom stereocenters. The number of likely N-dealkylation sites (tertiary alicyclic amines) is 1. The number of aromatic nitrogens is 1. The fraction of sp³-hybridized carbons (Fsp3) is 0.261. The molecule has 1 spiro atoms. The number of rotatable bonds is 3. The van der Waals surface area contributed by atoms with Gasteiger partial charge in [0.1, 0.15) is 11.2 Å². The quantitative estimate of drug-likeness (QED) is 0.616. The number of hydrogen-bond donors (Lipinski definition) is 2. The second-order valence-corrected chi connectivity index (χ2v) is 8.53. The van der Waals surface area contributed by atoms with Crippen molar-refractivity contribution in [3.05, 3.63) is 70.9 Å². The number of imide groups is 1. The molecule has 4 amide bonds. The van der Waals surface area contributed by atoms with Crippen LogP contribution in [0.1, 0.15) is 28.9 Å². The van der Waals surface area contributed by atoms with Gasteiger partial charge in [-0.15, -0.1) is 0 Å². The van der Waals surface area contributed by atoms with E-state index in [4.69, 9.17) is 11.6 Å². The molecular weight excluding hydrogens is 416 g/mol. The number of piperidine rings is 1. The number of hydrogen-bond acceptors (Lipinski definition) is 3. The Bertz CT molecular complexity index is 1150. The fourth-order valence-electron chi connectivity index (χ4n) is 4.38. The fourth-order valence-corrected chi connectivity index (χ4v) is 4.51. The van der Waals surface area contributed by atoms with E-state index in [1.807, 2.05) is 30.3 Å². The normalized spacial score (nSPS) is 18.1. The zero-order valence-corrected chi connectivity index (χ0v) is 17.5. The van der Waals surface area contributed by atoms with Crippen molar-refractivity contribution in [2.75, 3.05) is 13.1 Å². The van der Waals surface area contributed by atoms with E-state index >= 15 is 0 Å². The van der Waals surface area contributed by atoms with Gasteiger partial charge in [0.05, 0.1) is 6.54 Å². The SMILES string of the molecule is O=C(c1cc2ccccc2[nH]1)N1CCC2(CC1)NC(=O)N(Cc1ccc(Cl)cc1)C2=O. The van der Waals surface area contributed by atoms with Gasteiger partial charge in [0.25, 0.3) is 11.8 Å². The minimum absolute atomic E-state index is 0.0964. The van der Waals surface area contributed by atoms with E-state index in [-0.39, 0.29) is 18.4 Å². The van der Waals surface area contributed by atoms with Crippen LogP contribution in [0.2, 0.25) is 5.02 Å². The van der Waals surface area contributed by atoms with E-state index in [0.29, 0.717) is 36.6 Å². The predicted octanol–water partition coefficient (Wildman–Crippen LogP) is 3.55. The van der Waals surface area contributed by atoms with Gasteiger partial charge in [-0.1, -0.05) is 41.9 Å². The Kier molecular flexibility index (Phi) is 4.70. The Morgan fingerprint density at radius 1 is 1.03 bits per heavy atom. The lowest BCUT2D eigenvalue weighted by Crippen LogP contribution is -2.55. The summed E-state index contributed by atoms with van der Waals surface area (Å²) in [5, 5.41) is 4.47. The molecule has 8 heteroatoms. The minimum atomic E-state index is -0.944. The molecule has 2 N–H and O–H groups in total. The monoisotopic (exact) mass is 436 g/mol. The summed E-state index contributed by atoms with van der Waals surface area (Å²) in [6.07, 6.45) is 0.779. The first-order chi connectivity index (χ1) is 14.9. The number of amides is 4. The molecule has 3 heterocycles. The highest BCUT2D eigenvalue weighted by Gasteiger charge is 2.52. The summed E-state index contributed by atoms with van der Waals surface area (Å²) >= 11 is 5.91. The van der Waals surface area contributed by atoms with Crippen molar-refractivity contribution in [2.45, 2.75) is 24.9 Å². The van der Waals surface area contributed by atoms with Gasteiger partial charge in [0, 0.05) is 29.0 Å². The molecular formula is C23H21ClN4O3. The van der Waals surface area contributed by atoms with E-state index in [9.17, 15) is 14.4 Å². The highest BCUT2D eigenvalue weighted by Crippen LogP contribution is 2.31. The Hall–Kier alpha value is -3.32. The number of aromatic amines is 1. The van der Waals surface area contributed by atoms with Crippen LogP contribution < -0.4 is 5.32 Å². The molecule has 3 aromatic rings. The number of para-hydroxylation sites is 1. The van der Waals surface area contributed by atoms with Gasteiger partial charge in [-0.2, -0.15) is 0 Å². The molecule has 7 nitrogen and oxygen atoms in total.